The summed E-state index contributed by atoms with van der Waals surface area (Å²) < 4.78 is 36.2. The van der Waals surface area contributed by atoms with Crippen LogP contribution in [0.25, 0.3) is 0 Å². The van der Waals surface area contributed by atoms with Crippen LogP contribution < -0.4 is 14.5 Å². The van der Waals surface area contributed by atoms with Gasteiger partial charge in [0, 0.05) is 26.8 Å². The van der Waals surface area contributed by atoms with Crippen molar-refractivity contribution in [2.45, 2.75) is 18.8 Å². The van der Waals surface area contributed by atoms with E-state index in [1.54, 1.807) is 26.2 Å². The Morgan fingerprint density at radius 3 is 2.79 bits per heavy atom. The van der Waals surface area contributed by atoms with E-state index in [-0.39, 0.29) is 5.82 Å². The number of fused-ring (bicyclic) bond motifs is 3. The number of halogens is 1. The van der Waals surface area contributed by atoms with Crippen molar-refractivity contribution in [3.63, 3.8) is 0 Å². The van der Waals surface area contributed by atoms with Crippen molar-refractivity contribution in [3.8, 4) is 5.88 Å². The zero-order chi connectivity index (χ0) is 19.9. The maximum absolute atomic E-state index is 15.0. The minimum absolute atomic E-state index is 0.312. The molecule has 152 valence electrons. The van der Waals surface area contributed by atoms with Gasteiger partial charge in [0.1, 0.15) is 23.7 Å². The number of aromatic nitrogens is 1. The number of methoxy groups -OCH3 is 1. The fourth-order valence-corrected chi connectivity index (χ4v) is 5.18. The minimum Gasteiger partial charge on any atom is -0.425 e. The van der Waals surface area contributed by atoms with Crippen molar-refractivity contribution in [2.75, 3.05) is 36.6 Å². The molecule has 3 fully saturated rings. The van der Waals surface area contributed by atoms with Crippen LogP contribution in [-0.2, 0) is 15.3 Å². The van der Waals surface area contributed by atoms with Crippen LogP contribution in [0.3, 0.4) is 0 Å². The molecule has 0 radical (unpaired) electrons. The van der Waals surface area contributed by atoms with Gasteiger partial charge in [0.15, 0.2) is 0 Å². The van der Waals surface area contributed by atoms with Crippen molar-refractivity contribution in [2.24, 2.45) is 17.8 Å². The number of amides is 1. The van der Waals surface area contributed by atoms with Gasteiger partial charge in [-0.2, -0.15) is 0 Å². The maximum Gasteiger partial charge on any atom is 0.418 e. The fourth-order valence-electron chi connectivity index (χ4n) is 5.18. The summed E-state index contributed by atoms with van der Waals surface area (Å²) in [6, 6.07) is 4.37. The van der Waals surface area contributed by atoms with E-state index in [2.05, 4.69) is 10.1 Å². The summed E-state index contributed by atoms with van der Waals surface area (Å²) >= 11 is 0. The summed E-state index contributed by atoms with van der Waals surface area (Å²) in [4.78, 5) is 16.0. The molecule has 2 saturated heterocycles. The molecule has 0 N–H and O–H groups in total. The van der Waals surface area contributed by atoms with Crippen LogP contribution in [0.4, 0.5) is 20.6 Å². The molecule has 29 heavy (non-hydrogen) atoms. The first-order valence-electron chi connectivity index (χ1n) is 9.73. The number of carbonyl (C=O) groups is 1. The van der Waals surface area contributed by atoms with E-state index in [1.165, 1.54) is 17.2 Å². The predicted octanol–water partition coefficient (Wildman–Crippen LogP) is 2.73. The van der Waals surface area contributed by atoms with Gasteiger partial charge in [-0.15, -0.1) is 0 Å². The highest BCUT2D eigenvalue weighted by Crippen LogP contribution is 2.54. The Hall–Kier alpha value is -2.81. The molecule has 1 spiro atoms. The lowest BCUT2D eigenvalue weighted by molar-refractivity contribution is -0.170. The van der Waals surface area contributed by atoms with Crippen LogP contribution in [0.15, 0.2) is 29.0 Å². The van der Waals surface area contributed by atoms with E-state index in [1.807, 2.05) is 0 Å². The molecule has 4 aliphatic rings. The van der Waals surface area contributed by atoms with Gasteiger partial charge < -0.3 is 23.6 Å². The Morgan fingerprint density at radius 2 is 2.10 bits per heavy atom. The second kappa shape index (κ2) is 5.63. The van der Waals surface area contributed by atoms with E-state index in [0.717, 1.165) is 19.7 Å². The predicted molar refractivity (Wildman–Crippen MR) is 98.2 cm³/mol. The molecule has 1 unspecified atom stereocenters. The summed E-state index contributed by atoms with van der Waals surface area (Å²) in [6.45, 7) is 4.24. The molecule has 1 saturated carbocycles. The lowest BCUT2D eigenvalue weighted by Crippen LogP contribution is -2.51. The zero-order valence-electron chi connectivity index (χ0n) is 16.0. The average Bonchev–Trinajstić information content (AvgIpc) is 3.04. The third-order valence-electron chi connectivity index (χ3n) is 6.81. The molecular weight excluding hydrogens is 381 g/mol. The number of rotatable bonds is 4. The number of nitrogens with zero attached hydrogens (tertiary/aromatic N) is 3. The Kier molecular flexibility index (Phi) is 3.31. The molecule has 4 heterocycles. The standard InChI is InChI=1S/C20H20FN3O5/c1-10-20(15-9-27-22-18(15)28-20)29-19(25)24(10)11-3-4-17(16(21)5-11)23-6-12-13(7-23)14(12)8-26-2/h3-5,9-10,12-14H,6-8H2,1-2H3/t10?,12-,13+,14+,20-/m0/s1. The second-order valence-corrected chi connectivity index (χ2v) is 8.20. The van der Waals surface area contributed by atoms with Crippen molar-refractivity contribution >= 4 is 17.5 Å². The number of anilines is 2. The molecule has 1 aromatic heterocycles. The van der Waals surface area contributed by atoms with E-state index < -0.39 is 17.9 Å². The molecule has 1 aliphatic carbocycles. The highest BCUT2D eigenvalue weighted by atomic mass is 19.1. The quantitative estimate of drug-likeness (QED) is 0.780. The van der Waals surface area contributed by atoms with Gasteiger partial charge in [0.05, 0.1) is 11.4 Å². The maximum atomic E-state index is 15.0. The van der Waals surface area contributed by atoms with Crippen molar-refractivity contribution in [1.29, 1.82) is 0 Å². The molecule has 6 rings (SSSR count). The number of hydrogen-bond donors (Lipinski definition) is 0. The molecule has 1 amide bonds. The van der Waals surface area contributed by atoms with E-state index in [4.69, 9.17) is 18.7 Å². The van der Waals surface area contributed by atoms with Crippen LogP contribution in [0.5, 0.6) is 5.88 Å². The van der Waals surface area contributed by atoms with E-state index >= 15 is 0 Å². The molecule has 0 bridgehead atoms. The fraction of sp³-hybridized carbons (Fsp3) is 0.500. The summed E-state index contributed by atoms with van der Waals surface area (Å²) in [5.74, 6) is 0.459. The van der Waals surface area contributed by atoms with Crippen molar-refractivity contribution in [3.05, 3.63) is 35.8 Å². The summed E-state index contributed by atoms with van der Waals surface area (Å²) in [6.07, 6.45) is 0.812. The first kappa shape index (κ1) is 17.1. The van der Waals surface area contributed by atoms with Crippen molar-refractivity contribution in [1.82, 2.24) is 5.16 Å². The van der Waals surface area contributed by atoms with Gasteiger partial charge in [-0.1, -0.05) is 0 Å². The normalized spacial score (nSPS) is 34.0. The summed E-state index contributed by atoms with van der Waals surface area (Å²) in [5, 5.41) is 3.70. The molecule has 3 aliphatic heterocycles. The largest absolute Gasteiger partial charge is 0.425 e. The zero-order valence-corrected chi connectivity index (χ0v) is 16.0. The monoisotopic (exact) mass is 401 g/mol. The topological polar surface area (TPSA) is 77.3 Å². The molecule has 5 atom stereocenters. The van der Waals surface area contributed by atoms with E-state index in [0.29, 0.717) is 40.6 Å². The summed E-state index contributed by atoms with van der Waals surface area (Å²) in [7, 11) is 1.72. The number of hydrogen-bond acceptors (Lipinski definition) is 7. The van der Waals surface area contributed by atoms with Gasteiger partial charge in [0.25, 0.3) is 5.88 Å². The molecule has 2 aromatic rings. The molecule has 8 nitrogen and oxygen atoms in total. The SMILES string of the molecule is COC[C@@H]1[C@H]2CN(c3ccc(N4C(=O)O[C@@]5(Oc6nocc65)C4C)cc3F)C[C@@H]12. The van der Waals surface area contributed by atoms with Crippen LogP contribution >= 0.6 is 0 Å². The van der Waals surface area contributed by atoms with Crippen LogP contribution in [0.1, 0.15) is 12.5 Å². The number of benzene rings is 1. The Bertz CT molecular complexity index is 1000. The first-order chi connectivity index (χ1) is 14.0. The lowest BCUT2D eigenvalue weighted by atomic mass is 9.97. The minimum atomic E-state index is -1.26. The van der Waals surface area contributed by atoms with Gasteiger partial charge in [0.2, 0.25) is 0 Å². The Morgan fingerprint density at radius 1 is 1.31 bits per heavy atom. The number of ether oxygens (including phenoxy) is 3. The van der Waals surface area contributed by atoms with Crippen molar-refractivity contribution < 1.29 is 27.9 Å². The number of carbonyl (C=O) groups excluding carboxylic acids is 1. The van der Waals surface area contributed by atoms with Gasteiger partial charge in [-0.3, -0.25) is 4.90 Å². The second-order valence-electron chi connectivity index (χ2n) is 8.20. The molecule has 1 aromatic carbocycles. The highest BCUT2D eigenvalue weighted by Gasteiger charge is 2.64. The Labute approximate surface area is 166 Å². The third kappa shape index (κ3) is 2.16. The van der Waals surface area contributed by atoms with E-state index in [9.17, 15) is 9.18 Å². The van der Waals surface area contributed by atoms with Crippen LogP contribution in [-0.4, -0.2) is 44.1 Å². The number of piperidine rings is 1. The Balaban J connectivity index is 1.23. The van der Waals surface area contributed by atoms with Gasteiger partial charge in [-0.25, -0.2) is 9.18 Å². The highest BCUT2D eigenvalue weighted by molar-refractivity contribution is 5.92. The van der Waals surface area contributed by atoms with Crippen LogP contribution in [0, 0.1) is 23.6 Å². The molecular formula is C20H20FN3O5. The lowest BCUT2D eigenvalue weighted by Gasteiger charge is -2.37. The summed E-state index contributed by atoms with van der Waals surface area (Å²) in [5.41, 5.74) is 1.57. The van der Waals surface area contributed by atoms with Crippen LogP contribution in [0.2, 0.25) is 0 Å². The molecule has 9 heteroatoms. The third-order valence-corrected chi connectivity index (χ3v) is 6.81. The average molecular weight is 401 g/mol. The first-order valence-corrected chi connectivity index (χ1v) is 9.73. The van der Waals surface area contributed by atoms with Gasteiger partial charge in [-0.05, 0) is 48.0 Å². The smallest absolute Gasteiger partial charge is 0.418 e. The van der Waals surface area contributed by atoms with Gasteiger partial charge >= 0.3 is 11.9 Å².